The molecule has 4 nitrogen and oxygen atoms in total. The Hall–Kier alpha value is -0.910. The van der Waals surface area contributed by atoms with Crippen molar-refractivity contribution in [3.8, 4) is 0 Å². The highest BCUT2D eigenvalue weighted by Gasteiger charge is 2.34. The maximum atomic E-state index is 12.0. The topological polar surface area (TPSA) is 47.6 Å². The molecule has 0 radical (unpaired) electrons. The van der Waals surface area contributed by atoms with Gasteiger partial charge >= 0.3 is 0 Å². The summed E-state index contributed by atoms with van der Waals surface area (Å²) in [5.74, 6) is 0.110. The van der Waals surface area contributed by atoms with Crippen LogP contribution in [-0.4, -0.2) is 37.4 Å². The molecule has 1 amide bonds. The molecular formula is C14H19NO3S. The SMILES string of the molecule is O=C(Cc1ccsc1)NC1CCC2OCCOC2C1. The fourth-order valence-electron chi connectivity index (χ4n) is 2.85. The second-order valence-electron chi connectivity index (χ2n) is 5.20. The van der Waals surface area contributed by atoms with Gasteiger partial charge in [-0.15, -0.1) is 0 Å². The van der Waals surface area contributed by atoms with Crippen molar-refractivity contribution in [2.45, 2.75) is 43.9 Å². The Morgan fingerprint density at radius 2 is 2.16 bits per heavy atom. The molecule has 1 aromatic heterocycles. The Morgan fingerprint density at radius 3 is 2.95 bits per heavy atom. The van der Waals surface area contributed by atoms with Gasteiger partial charge in [0.25, 0.3) is 0 Å². The number of nitrogens with one attached hydrogen (secondary N) is 1. The standard InChI is InChI=1S/C14H19NO3S/c16-14(7-10-3-6-19-9-10)15-11-1-2-12-13(8-11)18-5-4-17-12/h3,6,9,11-13H,1-2,4-5,7-8H2,(H,15,16). The quantitative estimate of drug-likeness (QED) is 0.918. The van der Waals surface area contributed by atoms with E-state index in [-0.39, 0.29) is 24.2 Å². The number of amides is 1. The molecule has 19 heavy (non-hydrogen) atoms. The smallest absolute Gasteiger partial charge is 0.224 e. The normalized spacial score (nSPS) is 30.6. The Bertz CT molecular complexity index is 420. The minimum absolute atomic E-state index is 0.110. The molecule has 0 spiro atoms. The zero-order chi connectivity index (χ0) is 13.1. The average molecular weight is 281 g/mol. The van der Waals surface area contributed by atoms with Crippen LogP contribution in [0.25, 0.3) is 0 Å². The van der Waals surface area contributed by atoms with Crippen LogP contribution < -0.4 is 5.32 Å². The third-order valence-corrected chi connectivity index (χ3v) is 4.52. The van der Waals surface area contributed by atoms with Crippen molar-refractivity contribution >= 4 is 17.2 Å². The molecule has 0 bridgehead atoms. The van der Waals surface area contributed by atoms with Crippen molar-refractivity contribution in [3.63, 3.8) is 0 Å². The number of carbonyl (C=O) groups excluding carboxylic acids is 1. The van der Waals surface area contributed by atoms with E-state index in [1.54, 1.807) is 11.3 Å². The number of rotatable bonds is 3. The summed E-state index contributed by atoms with van der Waals surface area (Å²) in [5, 5.41) is 7.14. The molecular weight excluding hydrogens is 262 g/mol. The summed E-state index contributed by atoms with van der Waals surface area (Å²) in [4.78, 5) is 12.0. The summed E-state index contributed by atoms with van der Waals surface area (Å²) in [6.45, 7) is 1.38. The Kier molecular flexibility index (Phi) is 4.15. The van der Waals surface area contributed by atoms with E-state index < -0.39 is 0 Å². The third-order valence-electron chi connectivity index (χ3n) is 3.79. The number of ether oxygens (including phenoxy) is 2. The van der Waals surface area contributed by atoms with Gasteiger partial charge in [0, 0.05) is 6.04 Å². The Morgan fingerprint density at radius 1 is 1.32 bits per heavy atom. The molecule has 5 heteroatoms. The number of carbonyl (C=O) groups is 1. The van der Waals surface area contributed by atoms with Crippen molar-refractivity contribution < 1.29 is 14.3 Å². The first-order chi connectivity index (χ1) is 9.31. The summed E-state index contributed by atoms with van der Waals surface area (Å²) in [6.07, 6.45) is 3.71. The van der Waals surface area contributed by atoms with Gasteiger partial charge in [-0.2, -0.15) is 11.3 Å². The highest BCUT2D eigenvalue weighted by molar-refractivity contribution is 7.07. The second-order valence-corrected chi connectivity index (χ2v) is 5.98. The first-order valence-electron chi connectivity index (χ1n) is 6.85. The molecule has 3 atom stereocenters. The zero-order valence-corrected chi connectivity index (χ0v) is 11.7. The largest absolute Gasteiger partial charge is 0.373 e. The van der Waals surface area contributed by atoms with Gasteiger partial charge in [-0.1, -0.05) is 0 Å². The van der Waals surface area contributed by atoms with Gasteiger partial charge in [-0.25, -0.2) is 0 Å². The third kappa shape index (κ3) is 3.35. The molecule has 0 aromatic carbocycles. The number of fused-ring (bicyclic) bond motifs is 1. The molecule has 1 aromatic rings. The summed E-state index contributed by atoms with van der Waals surface area (Å²) in [5.41, 5.74) is 1.09. The minimum Gasteiger partial charge on any atom is -0.373 e. The van der Waals surface area contributed by atoms with Crippen molar-refractivity contribution in [1.82, 2.24) is 5.32 Å². The van der Waals surface area contributed by atoms with E-state index in [1.165, 1.54) is 0 Å². The zero-order valence-electron chi connectivity index (χ0n) is 10.8. The molecule has 3 unspecified atom stereocenters. The van der Waals surface area contributed by atoms with Gasteiger partial charge in [0.05, 0.1) is 31.8 Å². The Balaban J connectivity index is 1.49. The lowest BCUT2D eigenvalue weighted by Gasteiger charge is -2.39. The first-order valence-corrected chi connectivity index (χ1v) is 7.79. The van der Waals surface area contributed by atoms with Gasteiger partial charge in [0.15, 0.2) is 0 Å². The van der Waals surface area contributed by atoms with Gasteiger partial charge in [-0.3, -0.25) is 4.79 Å². The van der Waals surface area contributed by atoms with Crippen LogP contribution in [0.4, 0.5) is 0 Å². The van der Waals surface area contributed by atoms with Crippen LogP contribution in [0.3, 0.4) is 0 Å². The average Bonchev–Trinajstić information content (AvgIpc) is 2.91. The lowest BCUT2D eigenvalue weighted by molar-refractivity contribution is -0.158. The lowest BCUT2D eigenvalue weighted by atomic mass is 9.89. The van der Waals surface area contributed by atoms with Crippen LogP contribution in [0, 0.1) is 0 Å². The molecule has 104 valence electrons. The molecule has 1 aliphatic heterocycles. The summed E-state index contributed by atoms with van der Waals surface area (Å²) < 4.78 is 11.4. The first kappa shape index (κ1) is 13.1. The summed E-state index contributed by atoms with van der Waals surface area (Å²) in [7, 11) is 0. The van der Waals surface area contributed by atoms with E-state index in [0.717, 1.165) is 24.8 Å². The monoisotopic (exact) mass is 281 g/mol. The van der Waals surface area contributed by atoms with Crippen LogP contribution >= 0.6 is 11.3 Å². The van der Waals surface area contributed by atoms with Crippen LogP contribution in [0.2, 0.25) is 0 Å². The molecule has 2 aliphatic rings. The maximum Gasteiger partial charge on any atom is 0.224 e. The molecule has 1 N–H and O–H groups in total. The van der Waals surface area contributed by atoms with E-state index in [1.807, 2.05) is 16.8 Å². The second kappa shape index (κ2) is 6.03. The van der Waals surface area contributed by atoms with E-state index in [9.17, 15) is 4.79 Å². The highest BCUT2D eigenvalue weighted by atomic mass is 32.1. The van der Waals surface area contributed by atoms with Crippen LogP contribution in [0.1, 0.15) is 24.8 Å². The molecule has 1 aliphatic carbocycles. The van der Waals surface area contributed by atoms with Gasteiger partial charge < -0.3 is 14.8 Å². The van der Waals surface area contributed by atoms with Crippen LogP contribution in [0.5, 0.6) is 0 Å². The number of hydrogen-bond donors (Lipinski definition) is 1. The predicted molar refractivity (Wildman–Crippen MR) is 73.3 cm³/mol. The van der Waals surface area contributed by atoms with Gasteiger partial charge in [-0.05, 0) is 41.7 Å². The van der Waals surface area contributed by atoms with Crippen LogP contribution in [-0.2, 0) is 20.7 Å². The highest BCUT2D eigenvalue weighted by Crippen LogP contribution is 2.26. The van der Waals surface area contributed by atoms with Crippen molar-refractivity contribution in [2.75, 3.05) is 13.2 Å². The fourth-order valence-corrected chi connectivity index (χ4v) is 3.52. The molecule has 1 saturated carbocycles. The predicted octanol–water partition coefficient (Wildman–Crippen LogP) is 1.74. The molecule has 3 rings (SSSR count). The molecule has 1 saturated heterocycles. The fraction of sp³-hybridized carbons (Fsp3) is 0.643. The lowest BCUT2D eigenvalue weighted by Crippen LogP contribution is -2.49. The maximum absolute atomic E-state index is 12.0. The Labute approximate surface area is 117 Å². The van der Waals surface area contributed by atoms with Gasteiger partial charge in [0.1, 0.15) is 0 Å². The minimum atomic E-state index is 0.110. The van der Waals surface area contributed by atoms with Crippen LogP contribution in [0.15, 0.2) is 16.8 Å². The van der Waals surface area contributed by atoms with Crippen molar-refractivity contribution in [3.05, 3.63) is 22.4 Å². The molecule has 2 fully saturated rings. The van der Waals surface area contributed by atoms with Gasteiger partial charge in [0.2, 0.25) is 5.91 Å². The number of hydrogen-bond acceptors (Lipinski definition) is 4. The summed E-state index contributed by atoms with van der Waals surface area (Å²) in [6, 6.07) is 2.23. The van der Waals surface area contributed by atoms with E-state index in [4.69, 9.17) is 9.47 Å². The summed E-state index contributed by atoms with van der Waals surface area (Å²) >= 11 is 1.63. The van der Waals surface area contributed by atoms with E-state index in [0.29, 0.717) is 19.6 Å². The van der Waals surface area contributed by atoms with E-state index in [2.05, 4.69) is 5.32 Å². The van der Waals surface area contributed by atoms with Crippen molar-refractivity contribution in [1.29, 1.82) is 0 Å². The molecule has 2 heterocycles. The van der Waals surface area contributed by atoms with Crippen molar-refractivity contribution in [2.24, 2.45) is 0 Å². The number of thiophene rings is 1. The van der Waals surface area contributed by atoms with E-state index >= 15 is 0 Å².